The van der Waals surface area contributed by atoms with Crippen LogP contribution in [0.25, 0.3) is 0 Å². The Bertz CT molecular complexity index is 415. The number of carbonyl (C=O) groups excluding carboxylic acids is 2. The first-order valence-electron chi connectivity index (χ1n) is 13.5. The zero-order chi connectivity index (χ0) is 24.6. The van der Waals surface area contributed by atoms with Crippen LogP contribution in [0.4, 0.5) is 0 Å². The van der Waals surface area contributed by atoms with Gasteiger partial charge in [-0.1, -0.05) is 96.3 Å². The molecule has 4 nitrogen and oxygen atoms in total. The maximum absolute atomic E-state index is 11.4. The molecule has 0 N–H and O–H groups in total. The van der Waals surface area contributed by atoms with Crippen LogP contribution in [0.3, 0.4) is 0 Å². The molecule has 0 spiro atoms. The van der Waals surface area contributed by atoms with E-state index in [0.29, 0.717) is 26.1 Å². The van der Waals surface area contributed by atoms with Crippen LogP contribution in [-0.2, 0) is 19.1 Å². The molecule has 2 unspecified atom stereocenters. The average Bonchev–Trinajstić information content (AvgIpc) is 2.73. The Balaban J connectivity index is 3.13. The van der Waals surface area contributed by atoms with Gasteiger partial charge < -0.3 is 9.47 Å². The molecule has 0 amide bonds. The van der Waals surface area contributed by atoms with Crippen molar-refractivity contribution in [3.8, 4) is 0 Å². The fraction of sp³-hybridized carbons (Fsp3) is 0.926. The van der Waals surface area contributed by atoms with Crippen LogP contribution in [0.2, 0.25) is 0 Å². The molecular formula is C27H50Cl2O4. The van der Waals surface area contributed by atoms with Gasteiger partial charge in [-0.05, 0) is 26.7 Å². The highest BCUT2D eigenvalue weighted by Crippen LogP contribution is 2.14. The van der Waals surface area contributed by atoms with Gasteiger partial charge in [-0.25, -0.2) is 0 Å². The first-order chi connectivity index (χ1) is 15.9. The van der Waals surface area contributed by atoms with Crippen molar-refractivity contribution in [3.63, 3.8) is 0 Å². The lowest BCUT2D eigenvalue weighted by atomic mass is 10.0. The summed E-state index contributed by atoms with van der Waals surface area (Å²) in [5.41, 5.74) is 0. The summed E-state index contributed by atoms with van der Waals surface area (Å²) in [6.45, 7) is 4.69. The van der Waals surface area contributed by atoms with E-state index in [9.17, 15) is 9.59 Å². The molecule has 0 saturated heterocycles. The van der Waals surface area contributed by atoms with Gasteiger partial charge in [0.15, 0.2) is 0 Å². The fourth-order valence-electron chi connectivity index (χ4n) is 3.80. The van der Waals surface area contributed by atoms with Crippen LogP contribution in [0.15, 0.2) is 0 Å². The highest BCUT2D eigenvalue weighted by Gasteiger charge is 2.07. The van der Waals surface area contributed by atoms with Crippen LogP contribution in [0.1, 0.15) is 136 Å². The molecule has 196 valence electrons. The molecule has 33 heavy (non-hydrogen) atoms. The number of esters is 2. The van der Waals surface area contributed by atoms with Crippen LogP contribution < -0.4 is 0 Å². The molecule has 0 aliphatic heterocycles. The van der Waals surface area contributed by atoms with Crippen molar-refractivity contribution >= 4 is 35.1 Å². The molecule has 0 heterocycles. The predicted molar refractivity (Wildman–Crippen MR) is 140 cm³/mol. The van der Waals surface area contributed by atoms with Crippen molar-refractivity contribution in [3.05, 3.63) is 0 Å². The lowest BCUT2D eigenvalue weighted by Crippen LogP contribution is -2.10. The second-order valence-corrected chi connectivity index (χ2v) is 10.9. The second kappa shape index (κ2) is 24.6. The minimum Gasteiger partial charge on any atom is -0.466 e. The largest absolute Gasteiger partial charge is 0.466 e. The number of ether oxygens (including phenoxy) is 2. The summed E-state index contributed by atoms with van der Waals surface area (Å²) in [7, 11) is 0. The van der Waals surface area contributed by atoms with Crippen molar-refractivity contribution < 1.29 is 19.1 Å². The highest BCUT2D eigenvalue weighted by atomic mass is 35.5. The van der Waals surface area contributed by atoms with Crippen LogP contribution in [0.5, 0.6) is 0 Å². The van der Waals surface area contributed by atoms with E-state index >= 15 is 0 Å². The zero-order valence-corrected chi connectivity index (χ0v) is 22.9. The predicted octanol–water partition coefficient (Wildman–Crippen LogP) is 8.74. The number of rotatable bonds is 24. The fourth-order valence-corrected chi connectivity index (χ4v) is 4.06. The quantitative estimate of drug-likeness (QED) is 0.0741. The molecule has 0 radical (unpaired) electrons. The van der Waals surface area contributed by atoms with E-state index in [2.05, 4.69) is 0 Å². The normalized spacial score (nSPS) is 13.0. The van der Waals surface area contributed by atoms with Gasteiger partial charge in [0.2, 0.25) is 0 Å². The third-order valence-corrected chi connectivity index (χ3v) is 6.02. The summed E-state index contributed by atoms with van der Waals surface area (Å²) < 4.78 is 10.3. The highest BCUT2D eigenvalue weighted by molar-refractivity contribution is 6.21. The minimum absolute atomic E-state index is 0.143. The van der Waals surface area contributed by atoms with Crippen LogP contribution in [0, 0.1) is 0 Å². The van der Waals surface area contributed by atoms with E-state index in [-0.39, 0.29) is 22.7 Å². The summed E-state index contributed by atoms with van der Waals surface area (Å²) in [4.78, 5) is 22.7. The molecule has 0 aromatic carbocycles. The van der Waals surface area contributed by atoms with Crippen molar-refractivity contribution in [2.45, 2.75) is 147 Å². The third kappa shape index (κ3) is 27.6. The number of halogens is 2. The molecule has 0 aromatic heterocycles. The Kier molecular flexibility index (Phi) is 24.3. The van der Waals surface area contributed by atoms with Crippen molar-refractivity contribution in [1.82, 2.24) is 0 Å². The van der Waals surface area contributed by atoms with Crippen molar-refractivity contribution in [2.24, 2.45) is 0 Å². The van der Waals surface area contributed by atoms with E-state index in [4.69, 9.17) is 32.7 Å². The van der Waals surface area contributed by atoms with Gasteiger partial charge in [0.25, 0.3) is 0 Å². The summed E-state index contributed by atoms with van der Waals surface area (Å²) in [6, 6.07) is 0. The summed E-state index contributed by atoms with van der Waals surface area (Å²) >= 11 is 11.5. The van der Waals surface area contributed by atoms with E-state index < -0.39 is 0 Å². The van der Waals surface area contributed by atoms with Gasteiger partial charge in [0.05, 0.1) is 26.1 Å². The molecule has 0 rings (SSSR count). The number of alkyl halides is 2. The standard InChI is InChI=1S/C27H50Cl2O4/c1-24(28)22-26(30)32-20-18-16-14-12-10-8-6-4-3-5-7-9-11-13-15-17-19-21-33-27(31)23-25(2)29/h24-25H,3-23H2,1-2H3. The first kappa shape index (κ1) is 32.5. The topological polar surface area (TPSA) is 52.6 Å². The number of carbonyl (C=O) groups is 2. The molecule has 2 atom stereocenters. The summed E-state index contributed by atoms with van der Waals surface area (Å²) in [5, 5.41) is -0.286. The lowest BCUT2D eigenvalue weighted by Gasteiger charge is -2.06. The Morgan fingerprint density at radius 3 is 0.909 bits per heavy atom. The average molecular weight is 510 g/mol. The number of hydrogen-bond donors (Lipinski definition) is 0. The van der Waals surface area contributed by atoms with Gasteiger partial charge in [0.1, 0.15) is 0 Å². The Hall–Kier alpha value is -0.480. The number of hydrogen-bond acceptors (Lipinski definition) is 4. The van der Waals surface area contributed by atoms with Gasteiger partial charge in [-0.2, -0.15) is 0 Å². The number of unbranched alkanes of at least 4 members (excludes halogenated alkanes) is 16. The van der Waals surface area contributed by atoms with Gasteiger partial charge in [-0.3, -0.25) is 9.59 Å². The molecule has 0 aromatic rings. The summed E-state index contributed by atoms with van der Waals surface area (Å²) in [6.07, 6.45) is 22.1. The van der Waals surface area contributed by atoms with E-state index in [1.54, 1.807) is 0 Å². The smallest absolute Gasteiger partial charge is 0.307 e. The molecular weight excluding hydrogens is 459 g/mol. The second-order valence-electron chi connectivity index (χ2n) is 9.42. The van der Waals surface area contributed by atoms with Crippen molar-refractivity contribution in [2.75, 3.05) is 13.2 Å². The molecule has 0 fully saturated rings. The monoisotopic (exact) mass is 508 g/mol. The van der Waals surface area contributed by atoms with Gasteiger partial charge in [-0.15, -0.1) is 23.2 Å². The first-order valence-corrected chi connectivity index (χ1v) is 14.4. The van der Waals surface area contributed by atoms with Crippen LogP contribution >= 0.6 is 23.2 Å². The molecule has 0 saturated carbocycles. The molecule has 6 heteroatoms. The van der Waals surface area contributed by atoms with Crippen LogP contribution in [-0.4, -0.2) is 35.9 Å². The van der Waals surface area contributed by atoms with E-state index in [1.165, 1.54) is 83.5 Å². The van der Waals surface area contributed by atoms with Gasteiger partial charge >= 0.3 is 11.9 Å². The van der Waals surface area contributed by atoms with E-state index in [0.717, 1.165) is 25.7 Å². The van der Waals surface area contributed by atoms with E-state index in [1.807, 2.05) is 13.8 Å². The maximum atomic E-state index is 11.4. The Morgan fingerprint density at radius 2 is 0.697 bits per heavy atom. The third-order valence-electron chi connectivity index (χ3n) is 5.71. The maximum Gasteiger partial charge on any atom is 0.307 e. The lowest BCUT2D eigenvalue weighted by molar-refractivity contribution is -0.144. The Labute approximate surface area is 213 Å². The Morgan fingerprint density at radius 1 is 0.485 bits per heavy atom. The van der Waals surface area contributed by atoms with Gasteiger partial charge in [0, 0.05) is 10.8 Å². The molecule has 0 aliphatic carbocycles. The molecule has 0 aliphatic rings. The molecule has 0 bridgehead atoms. The SMILES string of the molecule is CC(Cl)CC(=O)OCCCCCCCCCCCCCCCCCCCOC(=O)CC(C)Cl. The summed E-state index contributed by atoms with van der Waals surface area (Å²) in [5.74, 6) is -0.356. The zero-order valence-electron chi connectivity index (χ0n) is 21.4. The van der Waals surface area contributed by atoms with Crippen molar-refractivity contribution in [1.29, 1.82) is 0 Å². The minimum atomic E-state index is -0.178.